The molecule has 0 aliphatic rings. The lowest BCUT2D eigenvalue weighted by Crippen LogP contribution is -2.08. The lowest BCUT2D eigenvalue weighted by atomic mass is 10.1. The van der Waals surface area contributed by atoms with Gasteiger partial charge in [-0.15, -0.1) is 0 Å². The van der Waals surface area contributed by atoms with E-state index in [0.717, 1.165) is 12.3 Å². The topological polar surface area (TPSA) is 61.7 Å². The number of rotatable bonds is 3. The molecule has 4 nitrogen and oxygen atoms in total. The molecule has 0 radical (unpaired) electrons. The van der Waals surface area contributed by atoms with E-state index in [1.807, 2.05) is 0 Å². The summed E-state index contributed by atoms with van der Waals surface area (Å²) < 4.78 is 36.6. The van der Waals surface area contributed by atoms with E-state index in [0.29, 0.717) is 12.0 Å². The molecule has 16 heavy (non-hydrogen) atoms. The molecule has 1 unspecified atom stereocenters. The highest BCUT2D eigenvalue weighted by Crippen LogP contribution is 2.29. The standard InChI is InChI=1S/C9H9F3N4/c1-2-7(15-16-13)6-3-4-8(14-5-6)9(10,11)12/h3-5,7H,2H2,1H3. The van der Waals surface area contributed by atoms with Crippen molar-refractivity contribution in [3.05, 3.63) is 40.0 Å². The zero-order valence-electron chi connectivity index (χ0n) is 8.44. The molecule has 1 atom stereocenters. The van der Waals surface area contributed by atoms with Crippen molar-refractivity contribution in [3.63, 3.8) is 0 Å². The van der Waals surface area contributed by atoms with Crippen molar-refractivity contribution >= 4 is 0 Å². The van der Waals surface area contributed by atoms with Gasteiger partial charge in [0.2, 0.25) is 0 Å². The zero-order chi connectivity index (χ0) is 12.2. The summed E-state index contributed by atoms with van der Waals surface area (Å²) >= 11 is 0. The number of nitrogens with zero attached hydrogens (tertiary/aromatic N) is 4. The number of azide groups is 1. The van der Waals surface area contributed by atoms with Gasteiger partial charge in [-0.25, -0.2) is 0 Å². The predicted octanol–water partition coefficient (Wildman–Crippen LogP) is 3.86. The average molecular weight is 230 g/mol. The Bertz CT molecular complexity index is 392. The summed E-state index contributed by atoms with van der Waals surface area (Å²) in [7, 11) is 0. The summed E-state index contributed by atoms with van der Waals surface area (Å²) in [6, 6.07) is 1.68. The Balaban J connectivity index is 2.98. The van der Waals surface area contributed by atoms with E-state index in [4.69, 9.17) is 5.53 Å². The van der Waals surface area contributed by atoms with Crippen LogP contribution in [0.5, 0.6) is 0 Å². The van der Waals surface area contributed by atoms with E-state index in [2.05, 4.69) is 15.0 Å². The minimum atomic E-state index is -4.45. The monoisotopic (exact) mass is 230 g/mol. The van der Waals surface area contributed by atoms with Gasteiger partial charge in [-0.3, -0.25) is 4.98 Å². The highest BCUT2D eigenvalue weighted by molar-refractivity contribution is 5.19. The van der Waals surface area contributed by atoms with Gasteiger partial charge in [0.25, 0.3) is 0 Å². The number of aromatic nitrogens is 1. The summed E-state index contributed by atoms with van der Waals surface area (Å²) in [6.07, 6.45) is -2.85. The Hall–Kier alpha value is -1.75. The number of pyridine rings is 1. The van der Waals surface area contributed by atoms with Gasteiger partial charge in [0.1, 0.15) is 5.69 Å². The van der Waals surface area contributed by atoms with Gasteiger partial charge >= 0.3 is 6.18 Å². The van der Waals surface area contributed by atoms with E-state index in [9.17, 15) is 13.2 Å². The fourth-order valence-electron chi connectivity index (χ4n) is 1.22. The SMILES string of the molecule is CCC(N=[N+]=[N-])c1ccc(C(F)(F)F)nc1. The van der Waals surface area contributed by atoms with E-state index in [1.165, 1.54) is 6.07 Å². The molecule has 1 heterocycles. The van der Waals surface area contributed by atoms with E-state index < -0.39 is 17.9 Å². The van der Waals surface area contributed by atoms with Crippen molar-refractivity contribution < 1.29 is 13.2 Å². The summed E-state index contributed by atoms with van der Waals surface area (Å²) in [6.45, 7) is 1.77. The van der Waals surface area contributed by atoms with Crippen LogP contribution in [0.2, 0.25) is 0 Å². The minimum Gasteiger partial charge on any atom is -0.251 e. The summed E-state index contributed by atoms with van der Waals surface area (Å²) in [5, 5.41) is 3.46. The maximum absolute atomic E-state index is 12.2. The molecule has 0 amide bonds. The van der Waals surface area contributed by atoms with Crippen LogP contribution in [-0.4, -0.2) is 4.98 Å². The molecule has 86 valence electrons. The van der Waals surface area contributed by atoms with Crippen molar-refractivity contribution in [2.75, 3.05) is 0 Å². The first kappa shape index (κ1) is 12.3. The Morgan fingerprint density at radius 1 is 1.50 bits per heavy atom. The Morgan fingerprint density at radius 2 is 2.19 bits per heavy atom. The third-order valence-corrected chi connectivity index (χ3v) is 2.04. The molecular formula is C9H9F3N4. The maximum Gasteiger partial charge on any atom is 0.433 e. The molecule has 1 rings (SSSR count). The van der Waals surface area contributed by atoms with Crippen LogP contribution in [0, 0.1) is 0 Å². The molecular weight excluding hydrogens is 221 g/mol. The van der Waals surface area contributed by atoms with Gasteiger partial charge < -0.3 is 0 Å². The quantitative estimate of drug-likeness (QED) is 0.441. The first-order valence-electron chi connectivity index (χ1n) is 4.56. The van der Waals surface area contributed by atoms with Gasteiger partial charge in [0, 0.05) is 11.1 Å². The van der Waals surface area contributed by atoms with Crippen LogP contribution < -0.4 is 0 Å². The van der Waals surface area contributed by atoms with Crippen molar-refractivity contribution in [2.24, 2.45) is 5.11 Å². The van der Waals surface area contributed by atoms with Crippen LogP contribution >= 0.6 is 0 Å². The Kier molecular flexibility index (Phi) is 3.73. The number of alkyl halides is 3. The van der Waals surface area contributed by atoms with Gasteiger partial charge in [-0.1, -0.05) is 18.1 Å². The van der Waals surface area contributed by atoms with Crippen LogP contribution in [0.15, 0.2) is 23.4 Å². The van der Waals surface area contributed by atoms with Gasteiger partial charge in [0.15, 0.2) is 0 Å². The molecule has 0 fully saturated rings. The number of hydrogen-bond acceptors (Lipinski definition) is 2. The van der Waals surface area contributed by atoms with Gasteiger partial charge in [0.05, 0.1) is 6.04 Å². The van der Waals surface area contributed by atoms with Gasteiger partial charge in [-0.05, 0) is 23.6 Å². The normalized spacial score (nSPS) is 13.0. The second-order valence-electron chi connectivity index (χ2n) is 3.10. The fourth-order valence-corrected chi connectivity index (χ4v) is 1.22. The minimum absolute atomic E-state index is 0.472. The molecule has 0 aromatic carbocycles. The molecule has 7 heteroatoms. The first-order chi connectivity index (χ1) is 7.49. The smallest absolute Gasteiger partial charge is 0.251 e. The molecule has 1 aromatic rings. The molecule has 0 N–H and O–H groups in total. The Morgan fingerprint density at radius 3 is 2.56 bits per heavy atom. The third kappa shape index (κ3) is 2.87. The van der Waals surface area contributed by atoms with Gasteiger partial charge in [-0.2, -0.15) is 13.2 Å². The molecule has 0 aliphatic carbocycles. The summed E-state index contributed by atoms with van der Waals surface area (Å²) in [4.78, 5) is 5.92. The lowest BCUT2D eigenvalue weighted by molar-refractivity contribution is -0.141. The summed E-state index contributed by atoms with van der Waals surface area (Å²) in [5.41, 5.74) is 7.80. The van der Waals surface area contributed by atoms with Crippen molar-refractivity contribution in [1.29, 1.82) is 0 Å². The van der Waals surface area contributed by atoms with E-state index in [-0.39, 0.29) is 0 Å². The second kappa shape index (κ2) is 4.85. The van der Waals surface area contributed by atoms with Crippen LogP contribution in [0.3, 0.4) is 0 Å². The van der Waals surface area contributed by atoms with Crippen LogP contribution in [0.1, 0.15) is 30.6 Å². The van der Waals surface area contributed by atoms with E-state index in [1.54, 1.807) is 6.92 Å². The van der Waals surface area contributed by atoms with Crippen molar-refractivity contribution in [2.45, 2.75) is 25.6 Å². The second-order valence-corrected chi connectivity index (χ2v) is 3.10. The lowest BCUT2D eigenvalue weighted by Gasteiger charge is -2.10. The first-order valence-corrected chi connectivity index (χ1v) is 4.56. The van der Waals surface area contributed by atoms with Crippen LogP contribution in [0.25, 0.3) is 10.4 Å². The zero-order valence-corrected chi connectivity index (χ0v) is 8.44. The molecule has 0 spiro atoms. The maximum atomic E-state index is 12.2. The number of hydrogen-bond donors (Lipinski definition) is 0. The predicted molar refractivity (Wildman–Crippen MR) is 51.4 cm³/mol. The molecule has 0 aliphatic heterocycles. The third-order valence-electron chi connectivity index (χ3n) is 2.04. The van der Waals surface area contributed by atoms with Crippen LogP contribution in [-0.2, 0) is 6.18 Å². The fraction of sp³-hybridized carbons (Fsp3) is 0.444. The Labute approximate surface area is 89.7 Å². The largest absolute Gasteiger partial charge is 0.433 e. The number of halogens is 3. The molecule has 1 aromatic heterocycles. The highest BCUT2D eigenvalue weighted by atomic mass is 19.4. The molecule has 0 bridgehead atoms. The van der Waals surface area contributed by atoms with Crippen molar-refractivity contribution in [1.82, 2.24) is 4.98 Å². The molecule has 0 saturated heterocycles. The van der Waals surface area contributed by atoms with E-state index >= 15 is 0 Å². The summed E-state index contributed by atoms with van der Waals surface area (Å²) in [5.74, 6) is 0. The molecule has 0 saturated carbocycles. The van der Waals surface area contributed by atoms with Crippen molar-refractivity contribution in [3.8, 4) is 0 Å². The average Bonchev–Trinajstić information content (AvgIpc) is 2.25. The van der Waals surface area contributed by atoms with Crippen LogP contribution in [0.4, 0.5) is 13.2 Å². The highest BCUT2D eigenvalue weighted by Gasteiger charge is 2.32.